The molecule has 0 heterocycles. The normalized spacial score (nSPS) is 20.6. The average molecular weight is 318 g/mol. The van der Waals surface area contributed by atoms with Gasteiger partial charge in [-0.25, -0.2) is 0 Å². The van der Waals surface area contributed by atoms with Crippen molar-refractivity contribution in [2.75, 3.05) is 13.2 Å². The standard InChI is InChI=1S/C18H26N2O3/c1-3-23-15-10-8-14(9-11-15)18(22)19-12-17(21)20-16-7-5-4-6-13(16)2/h8-11,13,16H,3-7,12H2,1-2H3,(H,19,22)(H,20,21)/t13-,16+/m1/s1. The third-order valence-electron chi connectivity index (χ3n) is 4.29. The zero-order chi connectivity index (χ0) is 16.7. The summed E-state index contributed by atoms with van der Waals surface area (Å²) in [5.74, 6) is 0.866. The fourth-order valence-electron chi connectivity index (χ4n) is 2.92. The maximum Gasteiger partial charge on any atom is 0.251 e. The number of carbonyl (C=O) groups excluding carboxylic acids is 2. The summed E-state index contributed by atoms with van der Waals surface area (Å²) in [5.41, 5.74) is 0.521. The molecule has 1 aliphatic rings. The number of hydrogen-bond donors (Lipinski definition) is 2. The van der Waals surface area contributed by atoms with Crippen molar-refractivity contribution in [3.05, 3.63) is 29.8 Å². The van der Waals surface area contributed by atoms with Crippen molar-refractivity contribution in [3.63, 3.8) is 0 Å². The van der Waals surface area contributed by atoms with Crippen molar-refractivity contribution in [3.8, 4) is 5.75 Å². The highest BCUT2D eigenvalue weighted by molar-refractivity contribution is 5.96. The van der Waals surface area contributed by atoms with Gasteiger partial charge in [-0.05, 0) is 49.9 Å². The summed E-state index contributed by atoms with van der Waals surface area (Å²) in [4.78, 5) is 24.0. The molecule has 5 heteroatoms. The first-order valence-corrected chi connectivity index (χ1v) is 8.40. The highest BCUT2D eigenvalue weighted by Crippen LogP contribution is 2.23. The summed E-state index contributed by atoms with van der Waals surface area (Å²) in [7, 11) is 0. The van der Waals surface area contributed by atoms with E-state index in [0.29, 0.717) is 18.1 Å². The van der Waals surface area contributed by atoms with E-state index < -0.39 is 0 Å². The molecular weight excluding hydrogens is 292 g/mol. The van der Waals surface area contributed by atoms with Crippen LogP contribution in [0.5, 0.6) is 5.75 Å². The Labute approximate surface area is 137 Å². The minimum absolute atomic E-state index is 0.00919. The van der Waals surface area contributed by atoms with Crippen LogP contribution in [0.1, 0.15) is 49.9 Å². The highest BCUT2D eigenvalue weighted by Gasteiger charge is 2.22. The van der Waals surface area contributed by atoms with Crippen LogP contribution < -0.4 is 15.4 Å². The van der Waals surface area contributed by atoms with Gasteiger partial charge in [0, 0.05) is 11.6 Å². The number of amides is 2. The second kappa shape index (κ2) is 8.56. The summed E-state index contributed by atoms with van der Waals surface area (Å²) in [6.07, 6.45) is 4.58. The van der Waals surface area contributed by atoms with Crippen LogP contribution in [0, 0.1) is 5.92 Å². The topological polar surface area (TPSA) is 67.4 Å². The van der Waals surface area contributed by atoms with E-state index >= 15 is 0 Å². The first kappa shape index (κ1) is 17.3. The van der Waals surface area contributed by atoms with Crippen LogP contribution in [-0.4, -0.2) is 31.0 Å². The molecule has 126 valence electrons. The van der Waals surface area contributed by atoms with E-state index in [4.69, 9.17) is 4.74 Å². The highest BCUT2D eigenvalue weighted by atomic mass is 16.5. The van der Waals surface area contributed by atoms with Gasteiger partial charge < -0.3 is 15.4 Å². The van der Waals surface area contributed by atoms with Crippen molar-refractivity contribution >= 4 is 11.8 Å². The Morgan fingerprint density at radius 2 is 1.87 bits per heavy atom. The van der Waals surface area contributed by atoms with Gasteiger partial charge in [-0.15, -0.1) is 0 Å². The molecule has 0 spiro atoms. The van der Waals surface area contributed by atoms with Crippen LogP contribution in [0.15, 0.2) is 24.3 Å². The van der Waals surface area contributed by atoms with Gasteiger partial charge in [0.1, 0.15) is 5.75 Å². The minimum Gasteiger partial charge on any atom is -0.494 e. The van der Waals surface area contributed by atoms with Crippen LogP contribution in [0.3, 0.4) is 0 Å². The number of nitrogens with one attached hydrogen (secondary N) is 2. The predicted molar refractivity (Wildman–Crippen MR) is 89.5 cm³/mol. The second-order valence-corrected chi connectivity index (χ2v) is 6.08. The van der Waals surface area contributed by atoms with Gasteiger partial charge in [0.25, 0.3) is 5.91 Å². The van der Waals surface area contributed by atoms with Crippen molar-refractivity contribution < 1.29 is 14.3 Å². The number of ether oxygens (including phenoxy) is 1. The Hall–Kier alpha value is -2.04. The van der Waals surface area contributed by atoms with Gasteiger partial charge in [0.05, 0.1) is 13.2 Å². The summed E-state index contributed by atoms with van der Waals surface area (Å²) in [6, 6.07) is 7.13. The van der Waals surface area contributed by atoms with Crippen LogP contribution in [0.2, 0.25) is 0 Å². The lowest BCUT2D eigenvalue weighted by Crippen LogP contribution is -2.45. The molecule has 2 rings (SSSR count). The summed E-state index contributed by atoms with van der Waals surface area (Å²) in [6.45, 7) is 4.68. The molecule has 5 nitrogen and oxygen atoms in total. The molecule has 1 aromatic rings. The van der Waals surface area contributed by atoms with Crippen LogP contribution in [0.25, 0.3) is 0 Å². The zero-order valence-corrected chi connectivity index (χ0v) is 13.9. The first-order valence-electron chi connectivity index (χ1n) is 8.40. The van der Waals surface area contributed by atoms with E-state index in [-0.39, 0.29) is 24.4 Å². The molecule has 0 saturated heterocycles. The van der Waals surface area contributed by atoms with E-state index in [2.05, 4.69) is 17.6 Å². The Bertz CT molecular complexity index is 528. The van der Waals surface area contributed by atoms with E-state index in [0.717, 1.165) is 25.0 Å². The lowest BCUT2D eigenvalue weighted by atomic mass is 9.86. The van der Waals surface area contributed by atoms with Gasteiger partial charge in [-0.1, -0.05) is 19.8 Å². The molecule has 0 aromatic heterocycles. The summed E-state index contributed by atoms with van der Waals surface area (Å²) in [5, 5.41) is 5.69. The largest absolute Gasteiger partial charge is 0.494 e. The van der Waals surface area contributed by atoms with Gasteiger partial charge in [0.15, 0.2) is 0 Å². The average Bonchev–Trinajstić information content (AvgIpc) is 2.56. The molecule has 0 unspecified atom stereocenters. The maximum absolute atomic E-state index is 12.0. The van der Waals surface area contributed by atoms with E-state index in [1.807, 2.05) is 6.92 Å². The van der Waals surface area contributed by atoms with Gasteiger partial charge in [0.2, 0.25) is 5.91 Å². The molecule has 1 aliphatic carbocycles. The van der Waals surface area contributed by atoms with Crippen LogP contribution in [-0.2, 0) is 4.79 Å². The fourth-order valence-corrected chi connectivity index (χ4v) is 2.92. The van der Waals surface area contributed by atoms with Crippen molar-refractivity contribution in [2.45, 2.75) is 45.6 Å². The molecule has 0 aliphatic heterocycles. The summed E-state index contributed by atoms with van der Waals surface area (Å²) < 4.78 is 5.34. The zero-order valence-electron chi connectivity index (χ0n) is 13.9. The number of benzene rings is 1. The van der Waals surface area contributed by atoms with Crippen molar-refractivity contribution in [2.24, 2.45) is 5.92 Å². The molecule has 2 atom stereocenters. The Morgan fingerprint density at radius 1 is 1.17 bits per heavy atom. The van der Waals surface area contributed by atoms with E-state index in [1.54, 1.807) is 24.3 Å². The maximum atomic E-state index is 12.0. The monoisotopic (exact) mass is 318 g/mol. The van der Waals surface area contributed by atoms with Crippen LogP contribution >= 0.6 is 0 Å². The van der Waals surface area contributed by atoms with E-state index in [9.17, 15) is 9.59 Å². The van der Waals surface area contributed by atoms with Gasteiger partial charge in [-0.2, -0.15) is 0 Å². The Kier molecular flexibility index (Phi) is 6.44. The minimum atomic E-state index is -0.250. The Balaban J connectivity index is 1.77. The number of carbonyl (C=O) groups is 2. The lowest BCUT2D eigenvalue weighted by Gasteiger charge is -2.29. The first-order chi connectivity index (χ1) is 11.1. The van der Waals surface area contributed by atoms with Gasteiger partial charge in [-0.3, -0.25) is 9.59 Å². The van der Waals surface area contributed by atoms with Crippen LogP contribution in [0.4, 0.5) is 0 Å². The van der Waals surface area contributed by atoms with E-state index in [1.165, 1.54) is 6.42 Å². The predicted octanol–water partition coefficient (Wildman–Crippen LogP) is 2.51. The third kappa shape index (κ3) is 5.27. The van der Waals surface area contributed by atoms with Crippen molar-refractivity contribution in [1.82, 2.24) is 10.6 Å². The SMILES string of the molecule is CCOc1ccc(C(=O)NCC(=O)N[C@H]2CCCC[C@H]2C)cc1. The molecule has 0 bridgehead atoms. The smallest absolute Gasteiger partial charge is 0.251 e. The molecule has 1 fully saturated rings. The number of hydrogen-bond acceptors (Lipinski definition) is 3. The Morgan fingerprint density at radius 3 is 2.52 bits per heavy atom. The molecule has 1 saturated carbocycles. The third-order valence-corrected chi connectivity index (χ3v) is 4.29. The fraction of sp³-hybridized carbons (Fsp3) is 0.556. The molecule has 1 aromatic carbocycles. The lowest BCUT2D eigenvalue weighted by molar-refractivity contribution is -0.121. The molecule has 2 N–H and O–H groups in total. The molecular formula is C18H26N2O3. The number of rotatable bonds is 6. The molecule has 23 heavy (non-hydrogen) atoms. The second-order valence-electron chi connectivity index (χ2n) is 6.08. The molecule has 0 radical (unpaired) electrons. The van der Waals surface area contributed by atoms with Crippen molar-refractivity contribution in [1.29, 1.82) is 0 Å². The molecule has 2 amide bonds. The quantitative estimate of drug-likeness (QED) is 0.847. The van der Waals surface area contributed by atoms with Gasteiger partial charge >= 0.3 is 0 Å². The summed E-state index contributed by atoms with van der Waals surface area (Å²) >= 11 is 0.